The van der Waals surface area contributed by atoms with Crippen LogP contribution in [0.25, 0.3) is 0 Å². The molecule has 2 fully saturated rings. The molecule has 0 aliphatic carbocycles. The number of hydrogen-bond donors (Lipinski definition) is 1. The first kappa shape index (κ1) is 22.3. The molecule has 2 aromatic rings. The Hall–Kier alpha value is -2.89. The fourth-order valence-corrected chi connectivity index (χ4v) is 5.23. The lowest BCUT2D eigenvalue weighted by molar-refractivity contribution is -0.129. The van der Waals surface area contributed by atoms with Crippen LogP contribution in [-0.2, 0) is 21.2 Å². The predicted molar refractivity (Wildman–Crippen MR) is 111 cm³/mol. The van der Waals surface area contributed by atoms with E-state index >= 15 is 0 Å². The van der Waals surface area contributed by atoms with Crippen molar-refractivity contribution in [3.63, 3.8) is 0 Å². The summed E-state index contributed by atoms with van der Waals surface area (Å²) in [7, 11) is -3.98. The zero-order valence-electron chi connectivity index (χ0n) is 17.1. The van der Waals surface area contributed by atoms with Gasteiger partial charge in [0.15, 0.2) is 11.6 Å². The van der Waals surface area contributed by atoms with Crippen molar-refractivity contribution >= 4 is 22.0 Å². The van der Waals surface area contributed by atoms with E-state index in [4.69, 9.17) is 0 Å². The van der Waals surface area contributed by atoms with Gasteiger partial charge in [-0.1, -0.05) is 30.3 Å². The predicted octanol–water partition coefficient (Wildman–Crippen LogP) is 1.39. The molecule has 0 radical (unpaired) electrons. The highest BCUT2D eigenvalue weighted by molar-refractivity contribution is 7.89. The maximum absolute atomic E-state index is 13.5. The van der Waals surface area contributed by atoms with Crippen LogP contribution in [0.15, 0.2) is 53.4 Å². The minimum atomic E-state index is -3.98. The number of sulfonamides is 1. The first-order valence-corrected chi connectivity index (χ1v) is 11.5. The Labute approximate surface area is 184 Å². The van der Waals surface area contributed by atoms with E-state index < -0.39 is 33.7 Å². The summed E-state index contributed by atoms with van der Waals surface area (Å²) in [6, 6.07) is 10.7. The van der Waals surface area contributed by atoms with Crippen molar-refractivity contribution in [2.24, 2.45) is 0 Å². The lowest BCUT2D eigenvalue weighted by Gasteiger charge is -2.35. The largest absolute Gasteiger partial charge is 0.325 e. The van der Waals surface area contributed by atoms with E-state index in [9.17, 15) is 26.8 Å². The molecule has 2 aliphatic heterocycles. The van der Waals surface area contributed by atoms with Crippen molar-refractivity contribution in [3.05, 3.63) is 65.7 Å². The fourth-order valence-electron chi connectivity index (χ4n) is 3.80. The third-order valence-corrected chi connectivity index (χ3v) is 7.49. The smallest absolute Gasteiger partial charge is 0.325 e. The molecule has 170 valence electrons. The zero-order valence-corrected chi connectivity index (χ0v) is 17.9. The SMILES string of the molecule is O=C1NC(Cc2ccccc2)C(=O)N1CN1CCN(S(=O)(=O)c2ccc(F)c(F)c2)CC1. The lowest BCUT2D eigenvalue weighted by Crippen LogP contribution is -2.52. The van der Waals surface area contributed by atoms with Gasteiger partial charge in [0.05, 0.1) is 11.6 Å². The topological polar surface area (TPSA) is 90.0 Å². The molecule has 0 bridgehead atoms. The van der Waals surface area contributed by atoms with Crippen LogP contribution in [0.2, 0.25) is 0 Å². The van der Waals surface area contributed by atoms with Crippen LogP contribution < -0.4 is 5.32 Å². The third-order valence-electron chi connectivity index (χ3n) is 5.59. The normalized spacial score (nSPS) is 20.6. The molecule has 1 N–H and O–H groups in total. The van der Waals surface area contributed by atoms with Crippen LogP contribution in [0.3, 0.4) is 0 Å². The van der Waals surface area contributed by atoms with Gasteiger partial charge in [0.1, 0.15) is 6.04 Å². The third kappa shape index (κ3) is 4.50. The standard InChI is InChI=1S/C21H22F2N4O4S/c22-17-7-6-16(13-18(17)23)32(30,31)26-10-8-25(9-11-26)14-27-20(28)19(24-21(27)29)12-15-4-2-1-3-5-15/h1-7,13,19H,8-12,14H2,(H,24,29). The Kier molecular flexibility index (Phi) is 6.22. The van der Waals surface area contributed by atoms with Crippen molar-refractivity contribution in [2.45, 2.75) is 17.4 Å². The number of carbonyl (C=O) groups is 2. The minimum absolute atomic E-state index is 0.0506. The second kappa shape index (κ2) is 8.93. The van der Waals surface area contributed by atoms with Crippen LogP contribution in [0.5, 0.6) is 0 Å². The highest BCUT2D eigenvalue weighted by Crippen LogP contribution is 2.20. The average molecular weight is 464 g/mol. The molecule has 3 amide bonds. The van der Waals surface area contributed by atoms with E-state index in [1.807, 2.05) is 30.3 Å². The number of benzene rings is 2. The van der Waals surface area contributed by atoms with E-state index in [0.29, 0.717) is 12.5 Å². The zero-order chi connectivity index (χ0) is 22.9. The van der Waals surface area contributed by atoms with Gasteiger partial charge in [0, 0.05) is 32.6 Å². The summed E-state index contributed by atoms with van der Waals surface area (Å²) in [5, 5.41) is 2.69. The molecule has 32 heavy (non-hydrogen) atoms. The number of piperazine rings is 1. The van der Waals surface area contributed by atoms with E-state index in [-0.39, 0.29) is 43.7 Å². The van der Waals surface area contributed by atoms with Gasteiger partial charge in [-0.15, -0.1) is 0 Å². The maximum atomic E-state index is 13.5. The van der Waals surface area contributed by atoms with E-state index in [2.05, 4.69) is 5.32 Å². The maximum Gasteiger partial charge on any atom is 0.325 e. The van der Waals surface area contributed by atoms with Crippen LogP contribution in [-0.4, -0.2) is 73.4 Å². The van der Waals surface area contributed by atoms with Gasteiger partial charge in [-0.3, -0.25) is 9.69 Å². The molecule has 2 heterocycles. The highest BCUT2D eigenvalue weighted by Gasteiger charge is 2.39. The van der Waals surface area contributed by atoms with Gasteiger partial charge in [-0.05, 0) is 23.8 Å². The Morgan fingerprint density at radius 2 is 1.62 bits per heavy atom. The molecule has 2 aliphatic rings. The number of nitrogens with zero attached hydrogens (tertiary/aromatic N) is 3. The van der Waals surface area contributed by atoms with Gasteiger partial charge >= 0.3 is 6.03 Å². The van der Waals surface area contributed by atoms with Crippen LogP contribution in [0.1, 0.15) is 5.56 Å². The van der Waals surface area contributed by atoms with Crippen molar-refractivity contribution < 1.29 is 26.8 Å². The Bertz CT molecular complexity index is 1120. The highest BCUT2D eigenvalue weighted by atomic mass is 32.2. The first-order chi connectivity index (χ1) is 15.3. The van der Waals surface area contributed by atoms with Gasteiger partial charge in [-0.25, -0.2) is 26.9 Å². The van der Waals surface area contributed by atoms with E-state index in [0.717, 1.165) is 22.6 Å². The number of carbonyl (C=O) groups excluding carboxylic acids is 2. The van der Waals surface area contributed by atoms with Gasteiger partial charge in [0.25, 0.3) is 5.91 Å². The molecule has 0 aromatic heterocycles. The summed E-state index contributed by atoms with van der Waals surface area (Å²) >= 11 is 0. The number of urea groups is 1. The molecule has 0 saturated carbocycles. The van der Waals surface area contributed by atoms with Crippen molar-refractivity contribution in [1.29, 1.82) is 0 Å². The number of nitrogens with one attached hydrogen (secondary N) is 1. The number of amides is 3. The molecule has 8 nitrogen and oxygen atoms in total. The number of hydrogen-bond acceptors (Lipinski definition) is 5. The Morgan fingerprint density at radius 3 is 2.28 bits per heavy atom. The van der Waals surface area contributed by atoms with E-state index in [1.165, 1.54) is 4.31 Å². The molecular weight excluding hydrogens is 442 g/mol. The summed E-state index contributed by atoms with van der Waals surface area (Å²) in [5.41, 5.74) is 0.934. The van der Waals surface area contributed by atoms with E-state index in [1.54, 1.807) is 4.90 Å². The Morgan fingerprint density at radius 1 is 0.938 bits per heavy atom. The number of rotatable bonds is 6. The molecule has 4 rings (SSSR count). The van der Waals surface area contributed by atoms with Crippen LogP contribution in [0.4, 0.5) is 13.6 Å². The number of imide groups is 1. The van der Waals surface area contributed by atoms with Crippen LogP contribution >= 0.6 is 0 Å². The fraction of sp³-hybridized carbons (Fsp3) is 0.333. The second-order valence-corrected chi connectivity index (χ2v) is 9.64. The lowest BCUT2D eigenvalue weighted by atomic mass is 10.1. The van der Waals surface area contributed by atoms with Gasteiger partial charge in [-0.2, -0.15) is 4.31 Å². The summed E-state index contributed by atoms with van der Waals surface area (Å²) in [6.07, 6.45) is 0.391. The van der Waals surface area contributed by atoms with Crippen molar-refractivity contribution in [3.8, 4) is 0 Å². The first-order valence-electron chi connectivity index (χ1n) is 10.1. The summed E-state index contributed by atoms with van der Waals surface area (Å²) in [5.74, 6) is -2.67. The van der Waals surface area contributed by atoms with Gasteiger partial charge < -0.3 is 5.32 Å². The minimum Gasteiger partial charge on any atom is -0.325 e. The molecule has 2 saturated heterocycles. The summed E-state index contributed by atoms with van der Waals surface area (Å²) in [4.78, 5) is 27.6. The molecule has 2 aromatic carbocycles. The Balaban J connectivity index is 1.35. The van der Waals surface area contributed by atoms with Crippen molar-refractivity contribution in [1.82, 2.24) is 19.4 Å². The number of halogens is 2. The second-order valence-electron chi connectivity index (χ2n) is 7.70. The summed E-state index contributed by atoms with van der Waals surface area (Å²) < 4.78 is 53.2. The van der Waals surface area contributed by atoms with Crippen molar-refractivity contribution in [2.75, 3.05) is 32.8 Å². The molecule has 0 spiro atoms. The average Bonchev–Trinajstić information content (AvgIpc) is 3.04. The molecule has 1 unspecified atom stereocenters. The molecular formula is C21H22F2N4O4S. The molecule has 11 heteroatoms. The van der Waals surface area contributed by atoms with Crippen LogP contribution in [0, 0.1) is 11.6 Å². The summed E-state index contributed by atoms with van der Waals surface area (Å²) in [6.45, 7) is 0.804. The van der Waals surface area contributed by atoms with Gasteiger partial charge in [0.2, 0.25) is 10.0 Å². The molecule has 1 atom stereocenters. The monoisotopic (exact) mass is 464 g/mol. The quantitative estimate of drug-likeness (QED) is 0.653.